The van der Waals surface area contributed by atoms with E-state index in [1.807, 2.05) is 0 Å². The highest BCUT2D eigenvalue weighted by atomic mass is 16.6. The highest BCUT2D eigenvalue weighted by Crippen LogP contribution is 2.26. The summed E-state index contributed by atoms with van der Waals surface area (Å²) < 4.78 is 5.26. The van der Waals surface area contributed by atoms with Gasteiger partial charge >= 0.3 is 5.69 Å². The Bertz CT molecular complexity index is 835. The molecule has 0 saturated carbocycles. The van der Waals surface area contributed by atoms with Crippen molar-refractivity contribution in [1.82, 2.24) is 0 Å². The Balaban J connectivity index is 2.04. The zero-order valence-corrected chi connectivity index (χ0v) is 14.4. The second-order valence-electron chi connectivity index (χ2n) is 5.44. The van der Waals surface area contributed by atoms with Crippen LogP contribution in [0.15, 0.2) is 42.5 Å². The summed E-state index contributed by atoms with van der Waals surface area (Å²) in [4.78, 5) is 34.0. The van der Waals surface area contributed by atoms with E-state index in [0.29, 0.717) is 23.4 Å². The Morgan fingerprint density at radius 3 is 2.27 bits per heavy atom. The summed E-state index contributed by atoms with van der Waals surface area (Å²) in [6, 6.07) is 11.0. The third-order valence-electron chi connectivity index (χ3n) is 3.62. The lowest BCUT2D eigenvalue weighted by atomic mass is 10.1. The van der Waals surface area contributed by atoms with Crippen molar-refractivity contribution >= 4 is 28.9 Å². The van der Waals surface area contributed by atoms with E-state index in [-0.39, 0.29) is 24.0 Å². The molecule has 0 spiro atoms. The summed E-state index contributed by atoms with van der Waals surface area (Å²) in [5.74, 6) is -0.574. The van der Waals surface area contributed by atoms with Crippen LogP contribution in [0.4, 0.5) is 17.1 Å². The lowest BCUT2D eigenvalue weighted by Crippen LogP contribution is -2.21. The number of carbonyl (C=O) groups is 2. The van der Waals surface area contributed by atoms with Crippen molar-refractivity contribution in [2.75, 3.05) is 17.2 Å². The number of carbonyl (C=O) groups excluding carboxylic acids is 2. The van der Waals surface area contributed by atoms with E-state index in [1.54, 1.807) is 38.1 Å². The molecule has 26 heavy (non-hydrogen) atoms. The fourth-order valence-corrected chi connectivity index (χ4v) is 2.20. The largest absolute Gasteiger partial charge is 0.477 e. The molecule has 0 bridgehead atoms. The van der Waals surface area contributed by atoms with Gasteiger partial charge < -0.3 is 15.4 Å². The number of nitrogens with zero attached hydrogens (tertiary/aromatic N) is 1. The maximum atomic E-state index is 12.1. The van der Waals surface area contributed by atoms with E-state index in [4.69, 9.17) is 4.74 Å². The number of ether oxygens (including phenoxy) is 1. The first-order valence-electron chi connectivity index (χ1n) is 7.98. The predicted octanol–water partition coefficient (Wildman–Crippen LogP) is 3.27. The maximum absolute atomic E-state index is 12.1. The van der Waals surface area contributed by atoms with Crippen LogP contribution in [0, 0.1) is 17.0 Å². The Morgan fingerprint density at radius 1 is 1.04 bits per heavy atom. The Labute approximate surface area is 150 Å². The minimum atomic E-state index is -0.572. The molecular weight excluding hydrogens is 338 g/mol. The molecule has 2 aromatic rings. The molecule has 2 N–H and O–H groups in total. The molecule has 2 amide bonds. The number of hydrogen-bond acceptors (Lipinski definition) is 5. The summed E-state index contributed by atoms with van der Waals surface area (Å²) in [7, 11) is 0. The molecule has 0 atom stereocenters. The standard InChI is InChI=1S/C18H19N3O5/c1-3-17(22)19-13-7-6-8-14(12(13)2)20-18(23)11-26-16-10-5-4-9-15(16)21(24)25/h4-10H,3,11H2,1-2H3,(H,19,22)(H,20,23). The van der Waals surface area contributed by atoms with Gasteiger partial charge in [0.2, 0.25) is 5.91 Å². The summed E-state index contributed by atoms with van der Waals surface area (Å²) in [6.07, 6.45) is 0.347. The fourth-order valence-electron chi connectivity index (χ4n) is 2.20. The molecule has 2 aromatic carbocycles. The quantitative estimate of drug-likeness (QED) is 0.583. The molecule has 0 heterocycles. The van der Waals surface area contributed by atoms with E-state index < -0.39 is 10.8 Å². The number of anilines is 2. The van der Waals surface area contributed by atoms with E-state index in [9.17, 15) is 19.7 Å². The third kappa shape index (κ3) is 4.79. The van der Waals surface area contributed by atoms with E-state index >= 15 is 0 Å². The van der Waals surface area contributed by atoms with Gasteiger partial charge in [0.15, 0.2) is 12.4 Å². The van der Waals surface area contributed by atoms with Crippen molar-refractivity contribution in [2.24, 2.45) is 0 Å². The highest BCUT2D eigenvalue weighted by Gasteiger charge is 2.15. The van der Waals surface area contributed by atoms with Gasteiger partial charge in [-0.3, -0.25) is 19.7 Å². The van der Waals surface area contributed by atoms with Crippen molar-refractivity contribution in [1.29, 1.82) is 0 Å². The predicted molar refractivity (Wildman–Crippen MR) is 97.3 cm³/mol. The first kappa shape index (κ1) is 18.9. The van der Waals surface area contributed by atoms with E-state index in [2.05, 4.69) is 10.6 Å². The fraction of sp³-hybridized carbons (Fsp3) is 0.222. The van der Waals surface area contributed by atoms with Gasteiger partial charge in [0.05, 0.1) is 4.92 Å². The molecule has 8 nitrogen and oxygen atoms in total. The average Bonchev–Trinajstić information content (AvgIpc) is 2.63. The number of amides is 2. The summed E-state index contributed by atoms with van der Waals surface area (Å²) in [6.45, 7) is 3.13. The molecule has 0 unspecified atom stereocenters. The van der Waals surface area contributed by atoms with E-state index in [0.717, 1.165) is 0 Å². The van der Waals surface area contributed by atoms with Gasteiger partial charge in [-0.05, 0) is 30.7 Å². The van der Waals surface area contributed by atoms with Gasteiger partial charge in [0.1, 0.15) is 0 Å². The van der Waals surface area contributed by atoms with Gasteiger partial charge in [-0.15, -0.1) is 0 Å². The topological polar surface area (TPSA) is 111 Å². The Hall–Kier alpha value is -3.42. The molecule has 0 radical (unpaired) electrons. The minimum absolute atomic E-state index is 0.0216. The molecule has 0 fully saturated rings. The maximum Gasteiger partial charge on any atom is 0.310 e. The van der Waals surface area contributed by atoms with Crippen LogP contribution in [-0.4, -0.2) is 23.3 Å². The van der Waals surface area contributed by atoms with Crippen LogP contribution < -0.4 is 15.4 Å². The first-order valence-corrected chi connectivity index (χ1v) is 7.98. The van der Waals surface area contributed by atoms with E-state index in [1.165, 1.54) is 18.2 Å². The SMILES string of the molecule is CCC(=O)Nc1cccc(NC(=O)COc2ccccc2[N+](=O)[O-])c1C. The third-order valence-corrected chi connectivity index (χ3v) is 3.62. The molecule has 0 aliphatic heterocycles. The molecule has 0 saturated heterocycles. The van der Waals surface area contributed by atoms with Crippen LogP contribution in [0.3, 0.4) is 0 Å². The van der Waals surface area contributed by atoms with Gasteiger partial charge in [-0.1, -0.05) is 25.1 Å². The number of nitro groups is 1. The number of rotatable bonds is 7. The minimum Gasteiger partial charge on any atom is -0.477 e. The van der Waals surface area contributed by atoms with Crippen LogP contribution in [0.25, 0.3) is 0 Å². The van der Waals surface area contributed by atoms with Gasteiger partial charge in [0, 0.05) is 23.9 Å². The number of benzene rings is 2. The zero-order chi connectivity index (χ0) is 19.1. The lowest BCUT2D eigenvalue weighted by molar-refractivity contribution is -0.385. The summed E-state index contributed by atoms with van der Waals surface area (Å²) in [5, 5.41) is 16.4. The molecule has 0 aromatic heterocycles. The summed E-state index contributed by atoms with van der Waals surface area (Å²) >= 11 is 0. The Kier molecular flexibility index (Phi) is 6.26. The van der Waals surface area contributed by atoms with Gasteiger partial charge in [0.25, 0.3) is 5.91 Å². The van der Waals surface area contributed by atoms with Crippen LogP contribution in [-0.2, 0) is 9.59 Å². The van der Waals surface area contributed by atoms with Gasteiger partial charge in [-0.2, -0.15) is 0 Å². The van der Waals surface area contributed by atoms with Crippen molar-refractivity contribution in [2.45, 2.75) is 20.3 Å². The number of para-hydroxylation sites is 2. The van der Waals surface area contributed by atoms with Crippen molar-refractivity contribution in [3.05, 3.63) is 58.1 Å². The van der Waals surface area contributed by atoms with Crippen molar-refractivity contribution in [3.8, 4) is 5.75 Å². The molecule has 136 valence electrons. The number of nitro benzene ring substituents is 1. The molecule has 2 rings (SSSR count). The molecule has 0 aliphatic carbocycles. The number of nitrogens with one attached hydrogen (secondary N) is 2. The lowest BCUT2D eigenvalue weighted by Gasteiger charge is -2.13. The average molecular weight is 357 g/mol. The van der Waals surface area contributed by atoms with Crippen molar-refractivity contribution in [3.63, 3.8) is 0 Å². The molecular formula is C18H19N3O5. The van der Waals surface area contributed by atoms with Gasteiger partial charge in [-0.25, -0.2) is 0 Å². The highest BCUT2D eigenvalue weighted by molar-refractivity contribution is 5.96. The molecule has 8 heteroatoms. The zero-order valence-electron chi connectivity index (χ0n) is 14.4. The van der Waals surface area contributed by atoms with Crippen LogP contribution in [0.1, 0.15) is 18.9 Å². The second-order valence-corrected chi connectivity index (χ2v) is 5.44. The Morgan fingerprint density at radius 2 is 1.65 bits per heavy atom. The normalized spacial score (nSPS) is 10.1. The first-order chi connectivity index (χ1) is 12.4. The van der Waals surface area contributed by atoms with Crippen LogP contribution in [0.2, 0.25) is 0 Å². The number of hydrogen-bond donors (Lipinski definition) is 2. The molecule has 0 aliphatic rings. The summed E-state index contributed by atoms with van der Waals surface area (Å²) in [5.41, 5.74) is 1.62. The van der Waals surface area contributed by atoms with Crippen LogP contribution in [0.5, 0.6) is 5.75 Å². The smallest absolute Gasteiger partial charge is 0.310 e. The van der Waals surface area contributed by atoms with Crippen molar-refractivity contribution < 1.29 is 19.2 Å². The van der Waals surface area contributed by atoms with Crippen LogP contribution >= 0.6 is 0 Å². The second kappa shape index (κ2) is 8.61. The monoisotopic (exact) mass is 357 g/mol.